The fraction of sp³-hybridized carbons (Fsp3) is 0.571. The van der Waals surface area contributed by atoms with Crippen molar-refractivity contribution in [3.8, 4) is 11.4 Å². The van der Waals surface area contributed by atoms with Crippen LogP contribution >= 0.6 is 0 Å². The molecule has 1 spiro atoms. The normalized spacial score (nSPS) is 19.6. The monoisotopic (exact) mass is 368 g/mol. The first kappa shape index (κ1) is 18.2. The van der Waals surface area contributed by atoms with Crippen molar-refractivity contribution in [1.82, 2.24) is 19.7 Å². The van der Waals surface area contributed by atoms with Crippen LogP contribution in [0.25, 0.3) is 11.4 Å². The molecule has 144 valence electrons. The van der Waals surface area contributed by atoms with Gasteiger partial charge in [-0.05, 0) is 57.1 Å². The van der Waals surface area contributed by atoms with Gasteiger partial charge in [-0.3, -0.25) is 4.79 Å². The highest BCUT2D eigenvalue weighted by atomic mass is 16.5. The molecule has 1 aromatic carbocycles. The van der Waals surface area contributed by atoms with Gasteiger partial charge in [-0.25, -0.2) is 9.67 Å². The lowest BCUT2D eigenvalue weighted by Gasteiger charge is -2.45. The second-order valence-corrected chi connectivity index (χ2v) is 8.14. The van der Waals surface area contributed by atoms with E-state index in [1.807, 2.05) is 33.8 Å². The lowest BCUT2D eigenvalue weighted by Crippen LogP contribution is -2.48. The summed E-state index contributed by atoms with van der Waals surface area (Å²) in [7, 11) is 0. The van der Waals surface area contributed by atoms with E-state index < -0.39 is 0 Å². The Labute approximate surface area is 160 Å². The number of nitrogens with zero attached hydrogens (tertiary/aromatic N) is 4. The Kier molecular flexibility index (Phi) is 5.00. The molecule has 2 aliphatic rings. The molecule has 4 rings (SSSR count). The van der Waals surface area contributed by atoms with E-state index in [0.29, 0.717) is 0 Å². The van der Waals surface area contributed by atoms with Crippen LogP contribution in [0.1, 0.15) is 55.9 Å². The Bertz CT molecular complexity index is 785. The van der Waals surface area contributed by atoms with E-state index in [1.54, 1.807) is 6.33 Å². The third-order valence-electron chi connectivity index (χ3n) is 5.95. The lowest BCUT2D eigenvalue weighted by molar-refractivity contribution is -0.0229. The van der Waals surface area contributed by atoms with Gasteiger partial charge in [0.15, 0.2) is 5.82 Å². The van der Waals surface area contributed by atoms with Crippen LogP contribution in [0.3, 0.4) is 0 Å². The number of carbonyl (C=O) groups is 1. The van der Waals surface area contributed by atoms with Crippen LogP contribution in [0.15, 0.2) is 30.6 Å². The van der Waals surface area contributed by atoms with Crippen LogP contribution < -0.4 is 0 Å². The number of ether oxygens (including phenoxy) is 1. The molecule has 0 bridgehead atoms. The van der Waals surface area contributed by atoms with E-state index in [1.165, 1.54) is 6.42 Å². The predicted octanol–water partition coefficient (Wildman–Crippen LogP) is 3.56. The zero-order chi connectivity index (χ0) is 18.9. The fourth-order valence-electron chi connectivity index (χ4n) is 4.37. The number of likely N-dealkylation sites (tertiary alicyclic amines) is 1. The van der Waals surface area contributed by atoms with Crippen molar-refractivity contribution in [1.29, 1.82) is 0 Å². The van der Waals surface area contributed by atoms with Crippen molar-refractivity contribution in [2.45, 2.75) is 45.6 Å². The summed E-state index contributed by atoms with van der Waals surface area (Å²) in [6.45, 7) is 7.53. The number of aromatic nitrogens is 3. The maximum absolute atomic E-state index is 13.1. The predicted molar refractivity (Wildman–Crippen MR) is 103 cm³/mol. The van der Waals surface area contributed by atoms with E-state index in [2.05, 4.69) is 23.9 Å². The first-order valence-electron chi connectivity index (χ1n) is 9.95. The average molecular weight is 368 g/mol. The molecule has 27 heavy (non-hydrogen) atoms. The van der Waals surface area contributed by atoms with E-state index >= 15 is 0 Å². The SMILES string of the molecule is CC(C)n1ncnc1-c1ccc(C(=O)N2CCCC3(CCOCC3)C2)cc1. The molecule has 6 nitrogen and oxygen atoms in total. The first-order valence-corrected chi connectivity index (χ1v) is 9.95. The Morgan fingerprint density at radius 1 is 1.15 bits per heavy atom. The maximum Gasteiger partial charge on any atom is 0.253 e. The Morgan fingerprint density at radius 2 is 1.89 bits per heavy atom. The highest BCUT2D eigenvalue weighted by Crippen LogP contribution is 2.39. The van der Waals surface area contributed by atoms with Crippen molar-refractivity contribution in [2.75, 3.05) is 26.3 Å². The summed E-state index contributed by atoms with van der Waals surface area (Å²) in [5.41, 5.74) is 2.00. The van der Waals surface area contributed by atoms with Crippen molar-refractivity contribution < 1.29 is 9.53 Å². The van der Waals surface area contributed by atoms with Gasteiger partial charge in [-0.15, -0.1) is 0 Å². The van der Waals surface area contributed by atoms with Crippen LogP contribution in [-0.4, -0.2) is 51.9 Å². The van der Waals surface area contributed by atoms with Crippen LogP contribution in [-0.2, 0) is 4.74 Å². The van der Waals surface area contributed by atoms with Crippen LogP contribution in [0.2, 0.25) is 0 Å². The molecule has 0 aliphatic carbocycles. The van der Waals surface area contributed by atoms with Gasteiger partial charge in [0.05, 0.1) is 0 Å². The molecule has 2 aromatic rings. The zero-order valence-corrected chi connectivity index (χ0v) is 16.2. The smallest absolute Gasteiger partial charge is 0.253 e. The molecule has 2 saturated heterocycles. The molecule has 6 heteroatoms. The lowest BCUT2D eigenvalue weighted by atomic mass is 9.74. The van der Waals surface area contributed by atoms with Crippen molar-refractivity contribution in [3.05, 3.63) is 36.2 Å². The maximum atomic E-state index is 13.1. The summed E-state index contributed by atoms with van der Waals surface area (Å²) in [4.78, 5) is 19.5. The number of hydrogen-bond acceptors (Lipinski definition) is 4. The summed E-state index contributed by atoms with van der Waals surface area (Å²) < 4.78 is 7.44. The van der Waals surface area contributed by atoms with Crippen molar-refractivity contribution in [2.24, 2.45) is 5.41 Å². The van der Waals surface area contributed by atoms with E-state index in [4.69, 9.17) is 4.74 Å². The van der Waals surface area contributed by atoms with Gasteiger partial charge in [0.2, 0.25) is 0 Å². The van der Waals surface area contributed by atoms with Gasteiger partial charge in [0, 0.05) is 43.5 Å². The molecule has 0 N–H and O–H groups in total. The zero-order valence-electron chi connectivity index (χ0n) is 16.2. The number of amides is 1. The minimum atomic E-state index is 0.137. The van der Waals surface area contributed by atoms with E-state index in [-0.39, 0.29) is 17.4 Å². The largest absolute Gasteiger partial charge is 0.381 e. The van der Waals surface area contributed by atoms with Gasteiger partial charge in [-0.1, -0.05) is 12.1 Å². The van der Waals surface area contributed by atoms with Gasteiger partial charge < -0.3 is 9.64 Å². The molecule has 0 atom stereocenters. The van der Waals surface area contributed by atoms with Gasteiger partial charge in [-0.2, -0.15) is 5.10 Å². The molecule has 0 saturated carbocycles. The van der Waals surface area contributed by atoms with Gasteiger partial charge in [0.1, 0.15) is 6.33 Å². The first-order chi connectivity index (χ1) is 13.1. The second kappa shape index (κ2) is 7.43. The minimum Gasteiger partial charge on any atom is -0.381 e. The fourth-order valence-corrected chi connectivity index (χ4v) is 4.37. The molecule has 2 aliphatic heterocycles. The van der Waals surface area contributed by atoms with Crippen LogP contribution in [0.5, 0.6) is 0 Å². The molecule has 2 fully saturated rings. The summed E-state index contributed by atoms with van der Waals surface area (Å²) in [5.74, 6) is 0.973. The summed E-state index contributed by atoms with van der Waals surface area (Å²) in [6, 6.07) is 8.03. The standard InChI is InChI=1S/C21H28N4O2/c1-16(2)25-19(22-15-23-25)17-4-6-18(7-5-17)20(26)24-11-3-8-21(14-24)9-12-27-13-10-21/h4-7,15-16H,3,8-14H2,1-2H3. The Morgan fingerprint density at radius 3 is 2.59 bits per heavy atom. The third kappa shape index (κ3) is 3.63. The quantitative estimate of drug-likeness (QED) is 0.831. The molecule has 0 radical (unpaired) electrons. The Hall–Kier alpha value is -2.21. The van der Waals surface area contributed by atoms with Crippen molar-refractivity contribution >= 4 is 5.91 Å². The summed E-state index contributed by atoms with van der Waals surface area (Å²) in [5, 5.41) is 4.29. The molecule has 0 unspecified atom stereocenters. The number of carbonyl (C=O) groups excluding carboxylic acids is 1. The van der Waals surface area contributed by atoms with Gasteiger partial charge in [0.25, 0.3) is 5.91 Å². The van der Waals surface area contributed by atoms with Crippen molar-refractivity contribution in [3.63, 3.8) is 0 Å². The average Bonchev–Trinajstić information content (AvgIpc) is 3.18. The second-order valence-electron chi connectivity index (χ2n) is 8.14. The topological polar surface area (TPSA) is 60.2 Å². The minimum absolute atomic E-state index is 0.137. The third-order valence-corrected chi connectivity index (χ3v) is 5.95. The number of piperidine rings is 1. The summed E-state index contributed by atoms with van der Waals surface area (Å²) >= 11 is 0. The van der Waals surface area contributed by atoms with Crippen LogP contribution in [0, 0.1) is 5.41 Å². The van der Waals surface area contributed by atoms with Crippen LogP contribution in [0.4, 0.5) is 0 Å². The van der Waals surface area contributed by atoms with E-state index in [9.17, 15) is 4.79 Å². The molecular formula is C21H28N4O2. The highest BCUT2D eigenvalue weighted by molar-refractivity contribution is 5.94. The number of benzene rings is 1. The molecule has 1 aromatic heterocycles. The Balaban J connectivity index is 1.50. The van der Waals surface area contributed by atoms with E-state index in [0.717, 1.165) is 62.5 Å². The molecule has 1 amide bonds. The number of hydrogen-bond donors (Lipinski definition) is 0. The molecule has 3 heterocycles. The van der Waals surface area contributed by atoms with Gasteiger partial charge >= 0.3 is 0 Å². The molecular weight excluding hydrogens is 340 g/mol. The highest BCUT2D eigenvalue weighted by Gasteiger charge is 2.38. The summed E-state index contributed by atoms with van der Waals surface area (Å²) in [6.07, 6.45) is 6.02. The number of rotatable bonds is 3.